The van der Waals surface area contributed by atoms with Crippen LogP contribution in [0.1, 0.15) is 24.5 Å². The lowest BCUT2D eigenvalue weighted by atomic mass is 9.85. The molecule has 6 rings (SSSR count). The number of imide groups is 1. The summed E-state index contributed by atoms with van der Waals surface area (Å²) in [5.74, 6) is -0.0693. The van der Waals surface area contributed by atoms with E-state index in [1.165, 1.54) is 4.90 Å². The van der Waals surface area contributed by atoms with Gasteiger partial charge in [-0.1, -0.05) is 55.1 Å². The molecule has 1 aromatic heterocycles. The fraction of sp³-hybridized carbons (Fsp3) is 0.214. The zero-order valence-electron chi connectivity index (χ0n) is 18.3. The van der Waals surface area contributed by atoms with Crippen LogP contribution in [0.25, 0.3) is 17.0 Å². The number of rotatable bonds is 4. The number of aliphatic imine (C=N–C) groups is 1. The molecule has 2 heterocycles. The second-order valence-corrected chi connectivity index (χ2v) is 9.04. The van der Waals surface area contributed by atoms with E-state index >= 15 is 0 Å². The highest BCUT2D eigenvalue weighted by Crippen LogP contribution is 2.53. The highest BCUT2D eigenvalue weighted by Gasteiger charge is 2.59. The van der Waals surface area contributed by atoms with E-state index in [-0.39, 0.29) is 35.5 Å². The standard InChI is InChI=1S/C28H23N3O2/c1-3-17-6-7-19-5-4-14-29-25(19)26(17)30-16(2)18-10-12-22(13-11-18)31-27(32)23-20-8-9-21(15-20)24(23)28(31)33/h3-14,20-21,23-24H,1,15H2,2H3/b30-16+. The topological polar surface area (TPSA) is 62.6 Å². The fourth-order valence-corrected chi connectivity index (χ4v) is 5.67. The van der Waals surface area contributed by atoms with E-state index in [9.17, 15) is 9.59 Å². The molecule has 162 valence electrons. The van der Waals surface area contributed by atoms with Crippen LogP contribution in [-0.4, -0.2) is 22.5 Å². The smallest absolute Gasteiger partial charge is 0.238 e. The number of carbonyl (C=O) groups is 2. The molecule has 3 aromatic rings. The summed E-state index contributed by atoms with van der Waals surface area (Å²) in [4.78, 5) is 36.9. The number of nitrogens with zero attached hydrogens (tertiary/aromatic N) is 3. The Morgan fingerprint density at radius 3 is 2.39 bits per heavy atom. The molecular weight excluding hydrogens is 410 g/mol. The molecule has 2 bridgehead atoms. The summed E-state index contributed by atoms with van der Waals surface area (Å²) in [6, 6.07) is 15.5. The maximum Gasteiger partial charge on any atom is 0.238 e. The van der Waals surface area contributed by atoms with E-state index in [4.69, 9.17) is 4.99 Å². The lowest BCUT2D eigenvalue weighted by molar-refractivity contribution is -0.123. The first-order chi connectivity index (χ1) is 16.1. The summed E-state index contributed by atoms with van der Waals surface area (Å²) in [7, 11) is 0. The number of benzene rings is 2. The molecule has 3 aliphatic rings. The number of pyridine rings is 1. The number of anilines is 1. The van der Waals surface area contributed by atoms with Gasteiger partial charge in [0.2, 0.25) is 11.8 Å². The minimum atomic E-state index is -0.188. The van der Waals surface area contributed by atoms with Crippen molar-refractivity contribution in [1.82, 2.24) is 4.98 Å². The van der Waals surface area contributed by atoms with Crippen molar-refractivity contribution in [1.29, 1.82) is 0 Å². The van der Waals surface area contributed by atoms with Crippen molar-refractivity contribution >= 4 is 45.9 Å². The Morgan fingerprint density at radius 1 is 1.03 bits per heavy atom. The van der Waals surface area contributed by atoms with Crippen LogP contribution in [0.5, 0.6) is 0 Å². The van der Waals surface area contributed by atoms with E-state index in [1.807, 2.05) is 55.5 Å². The van der Waals surface area contributed by atoms with Crippen molar-refractivity contribution in [2.24, 2.45) is 28.7 Å². The normalized spacial score (nSPS) is 25.8. The molecule has 4 atom stereocenters. The third-order valence-corrected chi connectivity index (χ3v) is 7.29. The van der Waals surface area contributed by atoms with Crippen LogP contribution in [0.15, 0.2) is 78.5 Å². The Bertz CT molecular complexity index is 1360. The molecule has 4 unspecified atom stereocenters. The molecule has 1 aliphatic heterocycles. The van der Waals surface area contributed by atoms with Gasteiger partial charge in [-0.15, -0.1) is 0 Å². The summed E-state index contributed by atoms with van der Waals surface area (Å²) in [6.45, 7) is 5.86. The molecule has 1 saturated carbocycles. The molecule has 2 aliphatic carbocycles. The molecule has 5 heteroatoms. The summed E-state index contributed by atoms with van der Waals surface area (Å²) >= 11 is 0. The van der Waals surface area contributed by atoms with Gasteiger partial charge in [-0.2, -0.15) is 0 Å². The lowest BCUT2D eigenvalue weighted by Crippen LogP contribution is -2.32. The Balaban J connectivity index is 1.32. The van der Waals surface area contributed by atoms with Crippen LogP contribution in [0.4, 0.5) is 11.4 Å². The first-order valence-corrected chi connectivity index (χ1v) is 11.3. The first-order valence-electron chi connectivity index (χ1n) is 11.3. The average molecular weight is 434 g/mol. The van der Waals surface area contributed by atoms with Gasteiger partial charge >= 0.3 is 0 Å². The van der Waals surface area contributed by atoms with E-state index < -0.39 is 0 Å². The molecule has 2 amide bonds. The fourth-order valence-electron chi connectivity index (χ4n) is 5.67. The lowest BCUT2D eigenvalue weighted by Gasteiger charge is -2.17. The highest BCUT2D eigenvalue weighted by molar-refractivity contribution is 6.23. The second kappa shape index (κ2) is 7.34. The third kappa shape index (κ3) is 2.92. The Labute approximate surface area is 192 Å². The number of hydrogen-bond donors (Lipinski definition) is 0. The quantitative estimate of drug-likeness (QED) is 0.317. The van der Waals surface area contributed by atoms with Crippen molar-refractivity contribution in [2.45, 2.75) is 13.3 Å². The minimum Gasteiger partial charge on any atom is -0.274 e. The zero-order chi connectivity index (χ0) is 22.7. The second-order valence-electron chi connectivity index (χ2n) is 9.04. The van der Waals surface area contributed by atoms with Crippen molar-refractivity contribution in [3.8, 4) is 0 Å². The molecule has 0 radical (unpaired) electrons. The molecule has 33 heavy (non-hydrogen) atoms. The monoisotopic (exact) mass is 433 g/mol. The van der Waals surface area contributed by atoms with Crippen molar-refractivity contribution in [3.05, 3.63) is 84.6 Å². The molecule has 1 saturated heterocycles. The van der Waals surface area contributed by atoms with E-state index in [0.717, 1.165) is 39.8 Å². The van der Waals surface area contributed by atoms with Gasteiger partial charge in [-0.25, -0.2) is 0 Å². The SMILES string of the molecule is C=Cc1ccc2cccnc2c1/N=C(\C)c1ccc(N2C(=O)C3C4C=CC(C4)C3C2=O)cc1. The summed E-state index contributed by atoms with van der Waals surface area (Å²) in [6.07, 6.45) is 8.71. The Morgan fingerprint density at radius 2 is 1.73 bits per heavy atom. The Hall–Kier alpha value is -3.86. The number of aromatic nitrogens is 1. The van der Waals surface area contributed by atoms with Crippen LogP contribution in [-0.2, 0) is 9.59 Å². The molecule has 0 spiro atoms. The van der Waals surface area contributed by atoms with Crippen LogP contribution < -0.4 is 4.90 Å². The van der Waals surface area contributed by atoms with Gasteiger partial charge in [0.1, 0.15) is 0 Å². The summed E-state index contributed by atoms with van der Waals surface area (Å²) in [5, 5.41) is 1.02. The number of carbonyl (C=O) groups excluding carboxylic acids is 2. The van der Waals surface area contributed by atoms with Gasteiger partial charge in [0.05, 0.1) is 28.7 Å². The largest absolute Gasteiger partial charge is 0.274 e. The van der Waals surface area contributed by atoms with Crippen molar-refractivity contribution in [2.75, 3.05) is 4.90 Å². The van der Waals surface area contributed by atoms with Crippen LogP contribution in [0.3, 0.4) is 0 Å². The van der Waals surface area contributed by atoms with Gasteiger partial charge < -0.3 is 0 Å². The van der Waals surface area contributed by atoms with Gasteiger partial charge in [0.15, 0.2) is 0 Å². The van der Waals surface area contributed by atoms with Gasteiger partial charge in [0.25, 0.3) is 0 Å². The number of amides is 2. The maximum absolute atomic E-state index is 13.1. The highest BCUT2D eigenvalue weighted by atomic mass is 16.2. The molecule has 5 nitrogen and oxygen atoms in total. The van der Waals surface area contributed by atoms with Crippen LogP contribution >= 0.6 is 0 Å². The van der Waals surface area contributed by atoms with E-state index in [0.29, 0.717) is 5.69 Å². The van der Waals surface area contributed by atoms with Gasteiger partial charge in [0, 0.05) is 22.9 Å². The van der Waals surface area contributed by atoms with Crippen LogP contribution in [0, 0.1) is 23.7 Å². The predicted octanol–water partition coefficient (Wildman–Crippen LogP) is 5.33. The average Bonchev–Trinajstić information content (AvgIpc) is 3.53. The molecule has 2 aromatic carbocycles. The number of hydrogen-bond acceptors (Lipinski definition) is 4. The molecule has 0 N–H and O–H groups in total. The van der Waals surface area contributed by atoms with Crippen LogP contribution in [0.2, 0.25) is 0 Å². The summed E-state index contributed by atoms with van der Waals surface area (Å²) < 4.78 is 0. The Kier molecular flexibility index (Phi) is 4.40. The molecular formula is C28H23N3O2. The minimum absolute atomic E-state index is 0.0579. The maximum atomic E-state index is 13.1. The van der Waals surface area contributed by atoms with E-state index in [2.05, 4.69) is 23.7 Å². The molecule has 2 fully saturated rings. The zero-order valence-corrected chi connectivity index (χ0v) is 18.3. The van der Waals surface area contributed by atoms with E-state index in [1.54, 1.807) is 12.3 Å². The summed E-state index contributed by atoms with van der Waals surface area (Å²) in [5.41, 5.74) is 4.90. The number of fused-ring (bicyclic) bond motifs is 6. The van der Waals surface area contributed by atoms with Crippen molar-refractivity contribution < 1.29 is 9.59 Å². The van der Waals surface area contributed by atoms with Crippen molar-refractivity contribution in [3.63, 3.8) is 0 Å². The van der Waals surface area contributed by atoms with Gasteiger partial charge in [-0.05, 0) is 48.9 Å². The third-order valence-electron chi connectivity index (χ3n) is 7.29. The predicted molar refractivity (Wildman–Crippen MR) is 130 cm³/mol. The first kappa shape index (κ1) is 19.8. The van der Waals surface area contributed by atoms with Gasteiger partial charge in [-0.3, -0.25) is 24.5 Å². The number of allylic oxidation sites excluding steroid dienone is 2.